The molecule has 0 radical (unpaired) electrons. The van der Waals surface area contributed by atoms with Crippen LogP contribution in [0.4, 0.5) is 5.00 Å². The first-order valence-corrected chi connectivity index (χ1v) is 12.9. The Hall–Kier alpha value is -3.60. The summed E-state index contributed by atoms with van der Waals surface area (Å²) < 4.78 is 11.2. The van der Waals surface area contributed by atoms with Crippen LogP contribution in [0.3, 0.4) is 0 Å². The Morgan fingerprint density at radius 2 is 1.89 bits per heavy atom. The number of amides is 1. The highest BCUT2D eigenvalue weighted by Crippen LogP contribution is 2.39. The second-order valence-electron chi connectivity index (χ2n) is 8.18. The molecule has 6 nitrogen and oxygen atoms in total. The fourth-order valence-electron chi connectivity index (χ4n) is 4.05. The predicted molar refractivity (Wildman–Crippen MR) is 141 cm³/mol. The fraction of sp³-hybridized carbons (Fsp3) is 0.250. The lowest BCUT2D eigenvalue weighted by molar-refractivity contribution is -0.112. The summed E-state index contributed by atoms with van der Waals surface area (Å²) in [6.45, 7) is 2.23. The molecule has 36 heavy (non-hydrogen) atoms. The molecule has 0 saturated carbocycles. The highest BCUT2D eigenvalue weighted by molar-refractivity contribution is 7.17. The number of fused-ring (bicyclic) bond motifs is 1. The lowest BCUT2D eigenvalue weighted by atomic mass is 9.95. The number of para-hydroxylation sites is 1. The van der Waals surface area contributed by atoms with Crippen molar-refractivity contribution in [1.82, 2.24) is 0 Å². The number of hydrogen-bond acceptors (Lipinski definition) is 6. The molecule has 3 aromatic rings. The fourth-order valence-corrected chi connectivity index (χ4v) is 5.51. The van der Waals surface area contributed by atoms with Gasteiger partial charge in [-0.05, 0) is 56.4 Å². The standard InChI is InChI=1S/C28H25ClN2O4S/c1-2-34-28(33)25-21-11-5-8-14-24(21)36-27(25)31-26(32)20(16-30)15-18-9-4-7-13-23(18)35-17-19-10-3-6-12-22(19)29/h3-4,6-7,9-10,12-13,15H,2,5,8,11,14,17H2,1H3,(H,31,32)/b20-15+. The minimum atomic E-state index is -0.595. The number of carbonyl (C=O) groups excluding carboxylic acids is 2. The van der Waals surface area contributed by atoms with Crippen molar-refractivity contribution in [1.29, 1.82) is 5.26 Å². The zero-order valence-electron chi connectivity index (χ0n) is 19.8. The van der Waals surface area contributed by atoms with E-state index >= 15 is 0 Å². The Morgan fingerprint density at radius 3 is 2.67 bits per heavy atom. The normalized spacial score (nSPS) is 12.9. The SMILES string of the molecule is CCOC(=O)c1c(NC(=O)/C(C#N)=C/c2ccccc2OCc2ccccc2Cl)sc2c1CCCC2. The number of thiophene rings is 1. The van der Waals surface area contributed by atoms with Crippen molar-refractivity contribution in [3.63, 3.8) is 0 Å². The van der Waals surface area contributed by atoms with E-state index in [1.807, 2.05) is 30.3 Å². The average Bonchev–Trinajstić information content (AvgIpc) is 3.25. The number of nitriles is 1. The predicted octanol–water partition coefficient (Wildman–Crippen LogP) is 6.58. The van der Waals surface area contributed by atoms with Gasteiger partial charge in [-0.15, -0.1) is 11.3 Å². The molecule has 8 heteroatoms. The largest absolute Gasteiger partial charge is 0.488 e. The molecular formula is C28H25ClN2O4S. The molecule has 4 rings (SSSR count). The van der Waals surface area contributed by atoms with Crippen molar-refractivity contribution in [3.8, 4) is 11.8 Å². The Morgan fingerprint density at radius 1 is 1.14 bits per heavy atom. The van der Waals surface area contributed by atoms with E-state index in [1.165, 1.54) is 17.4 Å². The van der Waals surface area contributed by atoms with Gasteiger partial charge in [0.1, 0.15) is 29.0 Å². The number of benzene rings is 2. The third-order valence-corrected chi connectivity index (χ3v) is 7.38. The van der Waals surface area contributed by atoms with Gasteiger partial charge in [0.25, 0.3) is 5.91 Å². The lowest BCUT2D eigenvalue weighted by Gasteiger charge is -2.12. The molecule has 0 atom stereocenters. The van der Waals surface area contributed by atoms with E-state index in [2.05, 4.69) is 5.32 Å². The first-order valence-electron chi connectivity index (χ1n) is 11.7. The van der Waals surface area contributed by atoms with Crippen molar-refractivity contribution in [2.24, 2.45) is 0 Å². The van der Waals surface area contributed by atoms with Crippen molar-refractivity contribution in [2.45, 2.75) is 39.2 Å². The van der Waals surface area contributed by atoms with Crippen LogP contribution in [0.5, 0.6) is 5.75 Å². The maximum absolute atomic E-state index is 13.1. The molecular weight excluding hydrogens is 496 g/mol. The highest BCUT2D eigenvalue weighted by atomic mass is 35.5. The van der Waals surface area contributed by atoms with Gasteiger partial charge in [-0.2, -0.15) is 5.26 Å². The number of esters is 1. The molecule has 1 heterocycles. The van der Waals surface area contributed by atoms with Crippen LogP contribution in [0.25, 0.3) is 6.08 Å². The van der Waals surface area contributed by atoms with E-state index in [4.69, 9.17) is 21.1 Å². The zero-order valence-corrected chi connectivity index (χ0v) is 21.4. The molecule has 1 aliphatic carbocycles. The Bertz CT molecular complexity index is 1360. The Kier molecular flexibility index (Phi) is 8.42. The van der Waals surface area contributed by atoms with E-state index in [-0.39, 0.29) is 18.8 Å². The minimum Gasteiger partial charge on any atom is -0.488 e. The molecule has 1 N–H and O–H groups in total. The molecule has 1 aliphatic rings. The van der Waals surface area contributed by atoms with Crippen LogP contribution in [0.2, 0.25) is 5.02 Å². The van der Waals surface area contributed by atoms with Gasteiger partial charge in [-0.1, -0.05) is 48.0 Å². The van der Waals surface area contributed by atoms with Gasteiger partial charge < -0.3 is 14.8 Å². The Labute approximate surface area is 219 Å². The maximum Gasteiger partial charge on any atom is 0.341 e. The quantitative estimate of drug-likeness (QED) is 0.206. The topological polar surface area (TPSA) is 88.4 Å². The number of nitrogens with one attached hydrogen (secondary N) is 1. The van der Waals surface area contributed by atoms with Crippen LogP contribution >= 0.6 is 22.9 Å². The van der Waals surface area contributed by atoms with Crippen molar-refractivity contribution < 1.29 is 19.1 Å². The van der Waals surface area contributed by atoms with E-state index < -0.39 is 11.9 Å². The number of carbonyl (C=O) groups is 2. The molecule has 184 valence electrons. The van der Waals surface area contributed by atoms with Crippen molar-refractivity contribution in [3.05, 3.63) is 86.3 Å². The second kappa shape index (κ2) is 11.9. The first kappa shape index (κ1) is 25.5. The number of anilines is 1. The summed E-state index contributed by atoms with van der Waals surface area (Å²) in [5, 5.41) is 13.6. The summed E-state index contributed by atoms with van der Waals surface area (Å²) in [4.78, 5) is 26.9. The number of aryl methyl sites for hydroxylation is 1. The molecule has 0 unspecified atom stereocenters. The van der Waals surface area contributed by atoms with E-state index in [9.17, 15) is 14.9 Å². The minimum absolute atomic E-state index is 0.107. The zero-order chi connectivity index (χ0) is 25.5. The molecule has 0 bridgehead atoms. The first-order chi connectivity index (χ1) is 17.5. The van der Waals surface area contributed by atoms with Gasteiger partial charge in [-0.25, -0.2) is 4.79 Å². The number of halogens is 1. The van der Waals surface area contributed by atoms with E-state index in [0.717, 1.165) is 41.7 Å². The molecule has 2 aromatic carbocycles. The van der Waals surface area contributed by atoms with E-state index in [0.29, 0.717) is 26.9 Å². The van der Waals surface area contributed by atoms with Gasteiger partial charge >= 0.3 is 5.97 Å². The number of rotatable bonds is 8. The Balaban J connectivity index is 1.58. The monoisotopic (exact) mass is 520 g/mol. The van der Waals surface area contributed by atoms with Crippen LogP contribution in [-0.2, 0) is 29.0 Å². The molecule has 0 fully saturated rings. The summed E-state index contributed by atoms with van der Waals surface area (Å²) >= 11 is 7.61. The summed E-state index contributed by atoms with van der Waals surface area (Å²) in [5.41, 5.74) is 2.65. The van der Waals surface area contributed by atoms with Gasteiger partial charge in [-0.3, -0.25) is 4.79 Å². The van der Waals surface area contributed by atoms with Crippen LogP contribution in [0.15, 0.2) is 54.1 Å². The molecule has 1 amide bonds. The maximum atomic E-state index is 13.1. The second-order valence-corrected chi connectivity index (χ2v) is 9.69. The molecule has 0 saturated heterocycles. The summed E-state index contributed by atoms with van der Waals surface area (Å²) in [7, 11) is 0. The van der Waals surface area contributed by atoms with Gasteiger partial charge in [0.2, 0.25) is 0 Å². The molecule has 0 spiro atoms. The summed E-state index contributed by atoms with van der Waals surface area (Å²) in [6.07, 6.45) is 5.14. The van der Waals surface area contributed by atoms with Gasteiger partial charge in [0, 0.05) is 21.0 Å². The van der Waals surface area contributed by atoms with Crippen LogP contribution in [-0.4, -0.2) is 18.5 Å². The summed E-state index contributed by atoms with van der Waals surface area (Å²) in [6, 6.07) is 16.5. The number of nitrogens with zero attached hydrogens (tertiary/aromatic N) is 1. The number of hydrogen-bond donors (Lipinski definition) is 1. The van der Waals surface area contributed by atoms with E-state index in [1.54, 1.807) is 31.2 Å². The highest BCUT2D eigenvalue weighted by Gasteiger charge is 2.27. The van der Waals surface area contributed by atoms with Gasteiger partial charge in [0.05, 0.1) is 12.2 Å². The molecule has 0 aliphatic heterocycles. The van der Waals surface area contributed by atoms with Crippen LogP contribution < -0.4 is 10.1 Å². The van der Waals surface area contributed by atoms with Crippen molar-refractivity contribution >= 4 is 45.9 Å². The molecule has 1 aromatic heterocycles. The van der Waals surface area contributed by atoms with Crippen LogP contribution in [0.1, 0.15) is 51.7 Å². The average molecular weight is 521 g/mol. The lowest BCUT2D eigenvalue weighted by Crippen LogP contribution is -2.16. The number of ether oxygens (including phenoxy) is 2. The smallest absolute Gasteiger partial charge is 0.341 e. The third-order valence-electron chi connectivity index (χ3n) is 5.80. The summed E-state index contributed by atoms with van der Waals surface area (Å²) in [5.74, 6) is -0.535. The van der Waals surface area contributed by atoms with Crippen molar-refractivity contribution in [2.75, 3.05) is 11.9 Å². The van der Waals surface area contributed by atoms with Crippen LogP contribution in [0, 0.1) is 11.3 Å². The van der Waals surface area contributed by atoms with Gasteiger partial charge in [0.15, 0.2) is 0 Å². The third kappa shape index (κ3) is 5.78.